The zero-order valence-electron chi connectivity index (χ0n) is 19.8. The van der Waals surface area contributed by atoms with Crippen LogP contribution >= 0.6 is 0 Å². The third-order valence-electron chi connectivity index (χ3n) is 4.94. The highest BCUT2D eigenvalue weighted by Crippen LogP contribution is 2.27. The molecular weight excluding hydrogens is 408 g/mol. The third-order valence-corrected chi connectivity index (χ3v) is 4.94. The number of aryl methyl sites for hydroxylation is 1. The summed E-state index contributed by atoms with van der Waals surface area (Å²) in [6, 6.07) is 12.4. The second-order valence-electron chi connectivity index (χ2n) is 7.94. The first-order valence-corrected chi connectivity index (χ1v) is 10.8. The quantitative estimate of drug-likeness (QED) is 0.574. The number of hydrogen-bond donors (Lipinski definition) is 1. The van der Waals surface area contributed by atoms with Crippen LogP contribution < -0.4 is 19.5 Å². The van der Waals surface area contributed by atoms with Crippen molar-refractivity contribution >= 4 is 11.8 Å². The predicted molar refractivity (Wildman–Crippen MR) is 124 cm³/mol. The molecule has 0 aliphatic heterocycles. The molecular formula is C25H34N2O5. The number of carbonyl (C=O) groups excluding carboxylic acids is 2. The average Bonchev–Trinajstić information content (AvgIpc) is 2.76. The zero-order chi connectivity index (χ0) is 23.7. The van der Waals surface area contributed by atoms with Crippen molar-refractivity contribution in [3.63, 3.8) is 0 Å². The number of amides is 2. The number of hydrogen-bond acceptors (Lipinski definition) is 5. The highest BCUT2D eigenvalue weighted by molar-refractivity contribution is 5.88. The minimum Gasteiger partial charge on any atom is -0.496 e. The molecule has 1 N–H and O–H groups in total. The van der Waals surface area contributed by atoms with E-state index in [0.717, 1.165) is 11.1 Å². The van der Waals surface area contributed by atoms with Gasteiger partial charge in [0.1, 0.15) is 23.3 Å². The van der Waals surface area contributed by atoms with E-state index in [1.54, 1.807) is 37.3 Å². The Balaban J connectivity index is 2.25. The number of carbonyl (C=O) groups is 2. The summed E-state index contributed by atoms with van der Waals surface area (Å²) >= 11 is 0. The SMILES string of the molecule is CCC(C(=O)NC(C)C)N(Cc1cccc(C)c1)C(=O)COc1cc(OC)cc(OC)c1. The van der Waals surface area contributed by atoms with Gasteiger partial charge in [-0.05, 0) is 32.8 Å². The smallest absolute Gasteiger partial charge is 0.261 e. The summed E-state index contributed by atoms with van der Waals surface area (Å²) in [6.07, 6.45) is 0.489. The Kier molecular flexibility index (Phi) is 9.38. The number of ether oxygens (including phenoxy) is 3. The summed E-state index contributed by atoms with van der Waals surface area (Å²) in [5, 5.41) is 2.92. The molecule has 174 valence electrons. The van der Waals surface area contributed by atoms with Crippen molar-refractivity contribution < 1.29 is 23.8 Å². The molecule has 7 heteroatoms. The molecule has 0 heterocycles. The summed E-state index contributed by atoms with van der Waals surface area (Å²) < 4.78 is 16.3. The second kappa shape index (κ2) is 12.0. The van der Waals surface area contributed by atoms with Crippen LogP contribution in [0.5, 0.6) is 17.2 Å². The summed E-state index contributed by atoms with van der Waals surface area (Å²) in [5.41, 5.74) is 2.05. The summed E-state index contributed by atoms with van der Waals surface area (Å²) in [4.78, 5) is 27.7. The molecule has 0 aliphatic rings. The molecule has 0 bridgehead atoms. The molecule has 0 spiro atoms. The van der Waals surface area contributed by atoms with Gasteiger partial charge in [0.15, 0.2) is 6.61 Å². The van der Waals surface area contributed by atoms with Crippen LogP contribution in [-0.4, -0.2) is 49.6 Å². The summed E-state index contributed by atoms with van der Waals surface area (Å²) in [6.45, 7) is 7.79. The van der Waals surface area contributed by atoms with E-state index >= 15 is 0 Å². The number of benzene rings is 2. The van der Waals surface area contributed by atoms with Crippen molar-refractivity contribution in [2.75, 3.05) is 20.8 Å². The normalized spacial score (nSPS) is 11.6. The van der Waals surface area contributed by atoms with E-state index in [2.05, 4.69) is 5.32 Å². The Morgan fingerprint density at radius 2 is 1.62 bits per heavy atom. The van der Waals surface area contributed by atoms with Crippen molar-refractivity contribution in [1.29, 1.82) is 0 Å². The van der Waals surface area contributed by atoms with Crippen molar-refractivity contribution in [2.24, 2.45) is 0 Å². The highest BCUT2D eigenvalue weighted by atomic mass is 16.5. The molecule has 0 saturated carbocycles. The number of rotatable bonds is 11. The van der Waals surface area contributed by atoms with E-state index < -0.39 is 6.04 Å². The van der Waals surface area contributed by atoms with Gasteiger partial charge in [-0.1, -0.05) is 36.8 Å². The number of nitrogens with zero attached hydrogens (tertiary/aromatic N) is 1. The average molecular weight is 443 g/mol. The lowest BCUT2D eigenvalue weighted by Crippen LogP contribution is -2.51. The molecule has 0 fully saturated rings. The van der Waals surface area contributed by atoms with Gasteiger partial charge in [0.25, 0.3) is 5.91 Å². The van der Waals surface area contributed by atoms with Gasteiger partial charge in [0, 0.05) is 30.8 Å². The van der Waals surface area contributed by atoms with Crippen LogP contribution in [0.2, 0.25) is 0 Å². The van der Waals surface area contributed by atoms with Crippen LogP contribution in [0.3, 0.4) is 0 Å². The molecule has 1 unspecified atom stereocenters. The molecule has 32 heavy (non-hydrogen) atoms. The van der Waals surface area contributed by atoms with Crippen molar-refractivity contribution in [2.45, 2.75) is 52.7 Å². The Labute approximate surface area is 190 Å². The Morgan fingerprint density at radius 3 is 2.16 bits per heavy atom. The van der Waals surface area contributed by atoms with Crippen LogP contribution in [0.25, 0.3) is 0 Å². The molecule has 1 atom stereocenters. The van der Waals surface area contributed by atoms with E-state index in [0.29, 0.717) is 30.2 Å². The van der Waals surface area contributed by atoms with Gasteiger partial charge in [0.05, 0.1) is 14.2 Å². The number of nitrogens with one attached hydrogen (secondary N) is 1. The minimum atomic E-state index is -0.603. The van der Waals surface area contributed by atoms with Gasteiger partial charge >= 0.3 is 0 Å². The summed E-state index contributed by atoms with van der Waals surface area (Å²) in [5.74, 6) is 1.12. The molecule has 2 aromatic carbocycles. The molecule has 7 nitrogen and oxygen atoms in total. The van der Waals surface area contributed by atoms with Crippen LogP contribution in [-0.2, 0) is 16.1 Å². The molecule has 0 radical (unpaired) electrons. The standard InChI is InChI=1S/C25H34N2O5/c1-7-23(25(29)26-17(2)3)27(15-19-10-8-9-18(4)11-19)24(28)16-32-22-13-20(30-5)12-21(14-22)31-6/h8-14,17,23H,7,15-16H2,1-6H3,(H,26,29). The molecule has 0 aromatic heterocycles. The largest absolute Gasteiger partial charge is 0.496 e. The maximum atomic E-state index is 13.3. The molecule has 2 aromatic rings. The maximum Gasteiger partial charge on any atom is 0.261 e. The maximum absolute atomic E-state index is 13.3. The summed E-state index contributed by atoms with van der Waals surface area (Å²) in [7, 11) is 3.10. The monoisotopic (exact) mass is 442 g/mol. The lowest BCUT2D eigenvalue weighted by atomic mass is 10.1. The fourth-order valence-electron chi connectivity index (χ4n) is 3.40. The molecule has 2 rings (SSSR count). The van der Waals surface area contributed by atoms with E-state index in [1.165, 1.54) is 0 Å². The molecule has 2 amide bonds. The van der Waals surface area contributed by atoms with Gasteiger partial charge in [0.2, 0.25) is 5.91 Å². The lowest BCUT2D eigenvalue weighted by Gasteiger charge is -2.31. The molecule has 0 aliphatic carbocycles. The Hall–Kier alpha value is -3.22. The minimum absolute atomic E-state index is 0.0204. The van der Waals surface area contributed by atoms with E-state index in [-0.39, 0.29) is 24.5 Å². The fourth-order valence-corrected chi connectivity index (χ4v) is 3.40. The van der Waals surface area contributed by atoms with E-state index in [4.69, 9.17) is 14.2 Å². The van der Waals surface area contributed by atoms with Crippen LogP contribution in [0.4, 0.5) is 0 Å². The van der Waals surface area contributed by atoms with E-state index in [9.17, 15) is 9.59 Å². The lowest BCUT2D eigenvalue weighted by molar-refractivity contribution is -0.143. The molecule has 0 saturated heterocycles. The Morgan fingerprint density at radius 1 is 1.00 bits per heavy atom. The van der Waals surface area contributed by atoms with Gasteiger partial charge in [-0.3, -0.25) is 9.59 Å². The highest BCUT2D eigenvalue weighted by Gasteiger charge is 2.29. The first-order chi connectivity index (χ1) is 15.3. The van der Waals surface area contributed by atoms with E-state index in [1.807, 2.05) is 52.0 Å². The van der Waals surface area contributed by atoms with Crippen molar-refractivity contribution in [3.8, 4) is 17.2 Å². The fraction of sp³-hybridized carbons (Fsp3) is 0.440. The van der Waals surface area contributed by atoms with Gasteiger partial charge in [-0.2, -0.15) is 0 Å². The first-order valence-electron chi connectivity index (χ1n) is 10.8. The topological polar surface area (TPSA) is 77.1 Å². The van der Waals surface area contributed by atoms with Gasteiger partial charge < -0.3 is 24.4 Å². The predicted octanol–water partition coefficient (Wildman–Crippen LogP) is 3.72. The van der Waals surface area contributed by atoms with Gasteiger partial charge in [-0.15, -0.1) is 0 Å². The van der Waals surface area contributed by atoms with Crippen LogP contribution in [0.15, 0.2) is 42.5 Å². The zero-order valence-corrected chi connectivity index (χ0v) is 19.8. The van der Waals surface area contributed by atoms with Gasteiger partial charge in [-0.25, -0.2) is 0 Å². The second-order valence-corrected chi connectivity index (χ2v) is 7.94. The third kappa shape index (κ3) is 7.18. The van der Waals surface area contributed by atoms with Crippen molar-refractivity contribution in [3.05, 3.63) is 53.6 Å². The Bertz CT molecular complexity index is 891. The number of methoxy groups -OCH3 is 2. The van der Waals surface area contributed by atoms with Crippen LogP contribution in [0.1, 0.15) is 38.3 Å². The first kappa shape index (κ1) is 25.0. The van der Waals surface area contributed by atoms with Crippen molar-refractivity contribution in [1.82, 2.24) is 10.2 Å². The van der Waals surface area contributed by atoms with Crippen LogP contribution in [0, 0.1) is 6.92 Å².